The van der Waals surface area contributed by atoms with Gasteiger partial charge in [0.15, 0.2) is 0 Å². The normalized spacial score (nSPS) is 19.9. The van der Waals surface area contributed by atoms with Crippen molar-refractivity contribution in [2.45, 2.75) is 43.2 Å². The fourth-order valence-corrected chi connectivity index (χ4v) is 4.29. The third kappa shape index (κ3) is 4.80. The van der Waals surface area contributed by atoms with Gasteiger partial charge in [-0.15, -0.1) is 0 Å². The van der Waals surface area contributed by atoms with Crippen molar-refractivity contribution in [1.82, 2.24) is 0 Å². The average molecular weight is 470 g/mol. The number of rotatable bonds is 7. The van der Waals surface area contributed by atoms with E-state index in [4.69, 9.17) is 14.2 Å². The third-order valence-electron chi connectivity index (χ3n) is 6.05. The van der Waals surface area contributed by atoms with Crippen LogP contribution in [0.3, 0.4) is 0 Å². The van der Waals surface area contributed by atoms with Crippen molar-refractivity contribution in [2.24, 2.45) is 0 Å². The lowest BCUT2D eigenvalue weighted by molar-refractivity contribution is -0.278. The minimum atomic E-state index is -4.99. The van der Waals surface area contributed by atoms with E-state index in [2.05, 4.69) is 0 Å². The Labute approximate surface area is 196 Å². The van der Waals surface area contributed by atoms with Crippen LogP contribution in [0, 0.1) is 0 Å². The monoisotopic (exact) mass is 470 g/mol. The van der Waals surface area contributed by atoms with Crippen molar-refractivity contribution in [1.29, 1.82) is 0 Å². The first-order valence-corrected chi connectivity index (χ1v) is 11.0. The van der Waals surface area contributed by atoms with Crippen molar-refractivity contribution in [3.05, 3.63) is 90.5 Å². The second kappa shape index (κ2) is 9.89. The molecule has 3 aromatic rings. The van der Waals surface area contributed by atoms with Crippen LogP contribution in [-0.4, -0.2) is 31.5 Å². The van der Waals surface area contributed by atoms with E-state index in [0.717, 1.165) is 18.2 Å². The summed E-state index contributed by atoms with van der Waals surface area (Å²) in [5.74, 6) is -0.811. The number of carbonyl (C=O) groups excluding carboxylic acids is 1. The summed E-state index contributed by atoms with van der Waals surface area (Å²) in [6.45, 7) is 0. The van der Waals surface area contributed by atoms with E-state index >= 15 is 0 Å². The summed E-state index contributed by atoms with van der Waals surface area (Å²) in [4.78, 5) is 12.8. The lowest BCUT2D eigenvalue weighted by Crippen LogP contribution is -2.52. The Balaban J connectivity index is 1.41. The van der Waals surface area contributed by atoms with E-state index in [9.17, 15) is 18.0 Å². The molecule has 3 atom stereocenters. The van der Waals surface area contributed by atoms with Gasteiger partial charge < -0.3 is 14.2 Å². The summed E-state index contributed by atoms with van der Waals surface area (Å²) >= 11 is 0. The maximum Gasteiger partial charge on any atom is 0.432 e. The largest absolute Gasteiger partial charge is 0.490 e. The van der Waals surface area contributed by atoms with Gasteiger partial charge in [-0.3, -0.25) is 0 Å². The first-order chi connectivity index (χ1) is 16.3. The van der Waals surface area contributed by atoms with Crippen molar-refractivity contribution >= 4 is 5.97 Å². The van der Waals surface area contributed by atoms with E-state index in [0.29, 0.717) is 25.0 Å². The van der Waals surface area contributed by atoms with E-state index in [1.165, 1.54) is 24.3 Å². The number of ether oxygens (including phenoxy) is 3. The molecule has 1 aliphatic rings. The number of carbonyl (C=O) groups is 1. The Morgan fingerprint density at radius 3 is 1.94 bits per heavy atom. The molecular formula is C27H25F3O4. The zero-order valence-corrected chi connectivity index (χ0v) is 18.6. The fourth-order valence-electron chi connectivity index (χ4n) is 4.29. The smallest absolute Gasteiger partial charge is 0.432 e. The molecule has 0 spiro atoms. The topological polar surface area (TPSA) is 44.8 Å². The third-order valence-corrected chi connectivity index (χ3v) is 6.05. The molecule has 3 aromatic carbocycles. The minimum absolute atomic E-state index is 0.264. The quantitative estimate of drug-likeness (QED) is 0.380. The van der Waals surface area contributed by atoms with E-state index in [1.54, 1.807) is 6.07 Å². The van der Waals surface area contributed by atoms with Crippen molar-refractivity contribution in [3.8, 4) is 16.9 Å². The number of esters is 1. The molecule has 0 saturated heterocycles. The van der Waals surface area contributed by atoms with Crippen LogP contribution >= 0.6 is 0 Å². The Kier molecular flexibility index (Phi) is 6.93. The number of benzene rings is 3. The molecule has 34 heavy (non-hydrogen) atoms. The number of hydrogen-bond acceptors (Lipinski definition) is 4. The summed E-state index contributed by atoms with van der Waals surface area (Å²) < 4.78 is 58.3. The highest BCUT2D eigenvalue weighted by molar-refractivity contribution is 5.83. The van der Waals surface area contributed by atoms with Gasteiger partial charge in [-0.05, 0) is 36.1 Å². The molecule has 7 heteroatoms. The number of alkyl halides is 3. The molecule has 0 heterocycles. The fraction of sp³-hybridized carbons (Fsp3) is 0.296. The Hall–Kier alpha value is -3.32. The van der Waals surface area contributed by atoms with Gasteiger partial charge in [0.25, 0.3) is 5.60 Å². The van der Waals surface area contributed by atoms with Crippen LogP contribution in [0.5, 0.6) is 5.75 Å². The summed E-state index contributed by atoms with van der Waals surface area (Å²) in [5, 5.41) is 0. The van der Waals surface area contributed by atoms with E-state index in [-0.39, 0.29) is 11.7 Å². The number of halogens is 3. The van der Waals surface area contributed by atoms with Crippen LogP contribution < -0.4 is 4.74 Å². The van der Waals surface area contributed by atoms with Crippen LogP contribution in [0.25, 0.3) is 11.1 Å². The van der Waals surface area contributed by atoms with Gasteiger partial charge >= 0.3 is 12.1 Å². The summed E-state index contributed by atoms with van der Waals surface area (Å²) in [6.07, 6.45) is -4.67. The molecule has 1 saturated carbocycles. The Bertz CT molecular complexity index is 1080. The zero-order chi connectivity index (χ0) is 24.2. The van der Waals surface area contributed by atoms with Crippen molar-refractivity contribution in [3.63, 3.8) is 0 Å². The van der Waals surface area contributed by atoms with E-state index in [1.807, 2.05) is 54.6 Å². The highest BCUT2D eigenvalue weighted by Gasteiger charge is 2.64. The SMILES string of the molecule is CO[C@@](C(=O)O[C@@H]1CC[C@@H](Oc2ccc(-c3ccccc3)cc2)C1)(c1ccccc1)C(F)(F)F. The van der Waals surface area contributed by atoms with Crippen LogP contribution in [0.2, 0.25) is 0 Å². The molecule has 178 valence electrons. The molecule has 0 bridgehead atoms. The molecule has 0 aromatic heterocycles. The molecule has 4 nitrogen and oxygen atoms in total. The van der Waals surface area contributed by atoms with Crippen LogP contribution in [-0.2, 0) is 19.9 Å². The molecule has 0 amide bonds. The highest BCUT2D eigenvalue weighted by atomic mass is 19.4. The molecule has 0 radical (unpaired) electrons. The van der Waals surface area contributed by atoms with Crippen molar-refractivity contribution < 1.29 is 32.2 Å². The van der Waals surface area contributed by atoms with Gasteiger partial charge in [0.2, 0.25) is 0 Å². The summed E-state index contributed by atoms with van der Waals surface area (Å²) in [5.41, 5.74) is -1.36. The average Bonchev–Trinajstić information content (AvgIpc) is 3.27. The Morgan fingerprint density at radius 1 is 0.794 bits per heavy atom. The van der Waals surface area contributed by atoms with Crippen molar-refractivity contribution in [2.75, 3.05) is 7.11 Å². The number of hydrogen-bond donors (Lipinski definition) is 0. The second-order valence-corrected chi connectivity index (χ2v) is 8.22. The van der Waals surface area contributed by atoms with Crippen LogP contribution in [0.15, 0.2) is 84.9 Å². The van der Waals surface area contributed by atoms with Gasteiger partial charge in [0, 0.05) is 19.1 Å². The standard InChI is InChI=1S/C27H25F3O4/c1-32-26(27(28,29)30,21-10-6-3-7-11-21)25(31)34-24-17-16-23(18-24)33-22-14-12-20(13-15-22)19-8-4-2-5-9-19/h2-15,23-24H,16-18H2,1H3/t23-,24-,26-/m1/s1. The zero-order valence-electron chi connectivity index (χ0n) is 18.6. The lowest BCUT2D eigenvalue weighted by atomic mass is 9.92. The molecule has 4 rings (SSSR count). The molecule has 0 unspecified atom stereocenters. The predicted molar refractivity (Wildman–Crippen MR) is 121 cm³/mol. The molecule has 1 fully saturated rings. The van der Waals surface area contributed by atoms with E-state index < -0.39 is 23.9 Å². The predicted octanol–water partition coefficient (Wildman–Crippen LogP) is 6.30. The lowest BCUT2D eigenvalue weighted by Gasteiger charge is -2.33. The molecule has 1 aliphatic carbocycles. The molecule has 0 aliphatic heterocycles. The van der Waals surface area contributed by atoms with Gasteiger partial charge in [-0.2, -0.15) is 13.2 Å². The van der Waals surface area contributed by atoms with Gasteiger partial charge in [0.1, 0.15) is 18.0 Å². The first kappa shape index (κ1) is 23.8. The van der Waals surface area contributed by atoms with Gasteiger partial charge in [-0.1, -0.05) is 72.8 Å². The second-order valence-electron chi connectivity index (χ2n) is 8.22. The Morgan fingerprint density at radius 2 is 1.35 bits per heavy atom. The first-order valence-electron chi connectivity index (χ1n) is 11.0. The summed E-state index contributed by atoms with van der Waals surface area (Å²) in [6, 6.07) is 24.4. The summed E-state index contributed by atoms with van der Waals surface area (Å²) in [7, 11) is 0.863. The van der Waals surface area contributed by atoms with Gasteiger partial charge in [-0.25, -0.2) is 4.79 Å². The highest BCUT2D eigenvalue weighted by Crippen LogP contribution is 2.44. The van der Waals surface area contributed by atoms with Crippen LogP contribution in [0.1, 0.15) is 24.8 Å². The van der Waals surface area contributed by atoms with Gasteiger partial charge in [0.05, 0.1) is 0 Å². The number of methoxy groups -OCH3 is 1. The minimum Gasteiger partial charge on any atom is -0.490 e. The molecular weight excluding hydrogens is 445 g/mol. The molecule has 0 N–H and O–H groups in total. The van der Waals surface area contributed by atoms with Crippen LogP contribution in [0.4, 0.5) is 13.2 Å². The maximum absolute atomic E-state index is 14.1. The maximum atomic E-state index is 14.1.